The Morgan fingerprint density at radius 2 is 2.11 bits per heavy atom. The summed E-state index contributed by atoms with van der Waals surface area (Å²) in [6.07, 6.45) is 2.77. The normalized spacial score (nSPS) is 11.4. The zero-order valence-electron chi connectivity index (χ0n) is 10.1. The minimum Gasteiger partial charge on any atom is -0.399 e. The standard InChI is InChI=1S/C11H14N4O2S/c1-14-8-11(7-13-14)18(16,17)15(2)10-5-3-4-9(12)6-10/h3-8H,12H2,1-2H3. The van der Waals surface area contributed by atoms with Crippen LogP contribution in [0, 0.1) is 0 Å². The van der Waals surface area contributed by atoms with Crippen molar-refractivity contribution >= 4 is 21.4 Å². The lowest BCUT2D eigenvalue weighted by Gasteiger charge is -2.18. The van der Waals surface area contributed by atoms with E-state index in [0.29, 0.717) is 11.4 Å². The largest absolute Gasteiger partial charge is 0.399 e. The molecule has 1 aromatic carbocycles. The lowest BCUT2D eigenvalue weighted by atomic mass is 10.3. The third-order valence-electron chi connectivity index (χ3n) is 2.57. The van der Waals surface area contributed by atoms with Gasteiger partial charge in [0.05, 0.1) is 11.9 Å². The maximum atomic E-state index is 12.3. The fourth-order valence-corrected chi connectivity index (χ4v) is 2.72. The van der Waals surface area contributed by atoms with Crippen LogP contribution in [0.4, 0.5) is 11.4 Å². The molecule has 0 bridgehead atoms. The van der Waals surface area contributed by atoms with Gasteiger partial charge in [0, 0.05) is 26.0 Å². The third-order valence-corrected chi connectivity index (χ3v) is 4.31. The van der Waals surface area contributed by atoms with Gasteiger partial charge in [-0.15, -0.1) is 0 Å². The molecule has 0 aliphatic heterocycles. The molecule has 0 saturated heterocycles. The summed E-state index contributed by atoms with van der Waals surface area (Å²) < 4.78 is 27.2. The highest BCUT2D eigenvalue weighted by atomic mass is 32.2. The van der Waals surface area contributed by atoms with E-state index in [9.17, 15) is 8.42 Å². The highest BCUT2D eigenvalue weighted by Gasteiger charge is 2.22. The molecular weight excluding hydrogens is 252 g/mol. The third kappa shape index (κ3) is 2.17. The molecule has 2 aromatic rings. The van der Waals surface area contributed by atoms with Crippen molar-refractivity contribution in [2.24, 2.45) is 7.05 Å². The SMILES string of the molecule is CN(c1cccc(N)c1)S(=O)(=O)c1cnn(C)c1. The van der Waals surface area contributed by atoms with Crippen LogP contribution in [0.15, 0.2) is 41.6 Å². The molecule has 0 saturated carbocycles. The van der Waals surface area contributed by atoms with Gasteiger partial charge < -0.3 is 5.73 Å². The number of nitrogen functional groups attached to an aromatic ring is 1. The molecule has 0 fully saturated rings. The number of benzene rings is 1. The van der Waals surface area contributed by atoms with E-state index in [1.165, 1.54) is 28.4 Å². The molecule has 0 unspecified atom stereocenters. The molecule has 0 aliphatic carbocycles. The predicted molar refractivity (Wildman–Crippen MR) is 69.7 cm³/mol. The number of aromatic nitrogens is 2. The van der Waals surface area contributed by atoms with Gasteiger partial charge >= 0.3 is 0 Å². The van der Waals surface area contributed by atoms with Crippen molar-refractivity contribution in [3.63, 3.8) is 0 Å². The maximum absolute atomic E-state index is 12.3. The van der Waals surface area contributed by atoms with E-state index in [1.807, 2.05) is 0 Å². The first-order valence-electron chi connectivity index (χ1n) is 5.24. The Morgan fingerprint density at radius 3 is 2.67 bits per heavy atom. The van der Waals surface area contributed by atoms with E-state index in [0.717, 1.165) is 0 Å². The van der Waals surface area contributed by atoms with Crippen LogP contribution in [-0.4, -0.2) is 25.2 Å². The van der Waals surface area contributed by atoms with Crippen molar-refractivity contribution in [2.75, 3.05) is 17.1 Å². The first-order chi connectivity index (χ1) is 8.41. The lowest BCUT2D eigenvalue weighted by molar-refractivity contribution is 0.594. The van der Waals surface area contributed by atoms with Crippen molar-refractivity contribution in [2.45, 2.75) is 4.90 Å². The van der Waals surface area contributed by atoms with E-state index < -0.39 is 10.0 Å². The number of anilines is 2. The van der Waals surface area contributed by atoms with Crippen LogP contribution in [0.3, 0.4) is 0 Å². The van der Waals surface area contributed by atoms with Crippen LogP contribution < -0.4 is 10.0 Å². The Labute approximate surface area is 106 Å². The number of aryl methyl sites for hydroxylation is 1. The van der Waals surface area contributed by atoms with Crippen LogP contribution in [0.1, 0.15) is 0 Å². The maximum Gasteiger partial charge on any atom is 0.267 e. The molecule has 0 spiro atoms. The summed E-state index contributed by atoms with van der Waals surface area (Å²) in [6, 6.07) is 6.70. The molecule has 1 heterocycles. The van der Waals surface area contributed by atoms with Gasteiger partial charge in [-0.3, -0.25) is 8.99 Å². The smallest absolute Gasteiger partial charge is 0.267 e. The molecule has 1 aromatic heterocycles. The van der Waals surface area contributed by atoms with Gasteiger partial charge in [-0.25, -0.2) is 8.42 Å². The van der Waals surface area contributed by atoms with Gasteiger partial charge in [0.1, 0.15) is 4.90 Å². The number of sulfonamides is 1. The predicted octanol–water partition coefficient (Wildman–Crippen LogP) is 0.827. The fourth-order valence-electron chi connectivity index (χ4n) is 1.55. The highest BCUT2D eigenvalue weighted by molar-refractivity contribution is 7.92. The number of rotatable bonds is 3. The molecule has 0 radical (unpaired) electrons. The number of hydrogen-bond acceptors (Lipinski definition) is 4. The number of nitrogens with zero attached hydrogens (tertiary/aromatic N) is 3. The summed E-state index contributed by atoms with van der Waals surface area (Å²) >= 11 is 0. The second kappa shape index (κ2) is 4.34. The molecule has 96 valence electrons. The first kappa shape index (κ1) is 12.4. The summed E-state index contributed by atoms with van der Waals surface area (Å²) in [5.41, 5.74) is 6.67. The molecule has 2 N–H and O–H groups in total. The van der Waals surface area contributed by atoms with Crippen molar-refractivity contribution in [1.82, 2.24) is 9.78 Å². The van der Waals surface area contributed by atoms with E-state index in [-0.39, 0.29) is 4.90 Å². The van der Waals surface area contributed by atoms with Gasteiger partial charge in [-0.05, 0) is 18.2 Å². The average molecular weight is 266 g/mol. The first-order valence-corrected chi connectivity index (χ1v) is 6.68. The minimum atomic E-state index is -3.59. The zero-order chi connectivity index (χ0) is 13.3. The highest BCUT2D eigenvalue weighted by Crippen LogP contribution is 2.22. The quantitative estimate of drug-likeness (QED) is 0.834. The van der Waals surface area contributed by atoms with Crippen LogP contribution in [0.2, 0.25) is 0 Å². The molecule has 2 rings (SSSR count). The minimum absolute atomic E-state index is 0.148. The summed E-state index contributed by atoms with van der Waals surface area (Å²) in [6.45, 7) is 0. The summed E-state index contributed by atoms with van der Waals surface area (Å²) in [4.78, 5) is 0.148. The van der Waals surface area contributed by atoms with Gasteiger partial charge in [-0.1, -0.05) is 6.07 Å². The van der Waals surface area contributed by atoms with Crippen LogP contribution >= 0.6 is 0 Å². The molecule has 18 heavy (non-hydrogen) atoms. The number of hydrogen-bond donors (Lipinski definition) is 1. The average Bonchev–Trinajstić information content (AvgIpc) is 2.75. The fraction of sp³-hybridized carbons (Fsp3) is 0.182. The van der Waals surface area contributed by atoms with Gasteiger partial charge in [0.2, 0.25) is 0 Å². The lowest BCUT2D eigenvalue weighted by Crippen LogP contribution is -2.26. The number of nitrogens with two attached hydrogens (primary N) is 1. The van der Waals surface area contributed by atoms with Gasteiger partial charge in [-0.2, -0.15) is 5.10 Å². The summed E-state index contributed by atoms with van der Waals surface area (Å²) in [5, 5.41) is 3.86. The van der Waals surface area contributed by atoms with E-state index in [4.69, 9.17) is 5.73 Å². The Hall–Kier alpha value is -2.02. The van der Waals surface area contributed by atoms with Crippen molar-refractivity contribution in [3.05, 3.63) is 36.7 Å². The van der Waals surface area contributed by atoms with Crippen LogP contribution in [0.25, 0.3) is 0 Å². The Balaban J connectivity index is 2.42. The molecular formula is C11H14N4O2S. The molecule has 6 nitrogen and oxygen atoms in total. The Morgan fingerprint density at radius 1 is 1.39 bits per heavy atom. The summed E-state index contributed by atoms with van der Waals surface area (Å²) in [5.74, 6) is 0. The summed E-state index contributed by atoms with van der Waals surface area (Å²) in [7, 11) is -0.444. The van der Waals surface area contributed by atoms with E-state index >= 15 is 0 Å². The second-order valence-electron chi connectivity index (χ2n) is 3.92. The van der Waals surface area contributed by atoms with Crippen molar-refractivity contribution < 1.29 is 8.42 Å². The second-order valence-corrected chi connectivity index (χ2v) is 5.89. The molecule has 7 heteroatoms. The van der Waals surface area contributed by atoms with E-state index in [2.05, 4.69) is 5.10 Å². The Kier molecular flexibility index (Phi) is 3.00. The van der Waals surface area contributed by atoms with E-state index in [1.54, 1.807) is 31.3 Å². The van der Waals surface area contributed by atoms with Gasteiger partial charge in [0.15, 0.2) is 0 Å². The monoisotopic (exact) mass is 266 g/mol. The van der Waals surface area contributed by atoms with Crippen molar-refractivity contribution in [1.29, 1.82) is 0 Å². The van der Waals surface area contributed by atoms with Crippen molar-refractivity contribution in [3.8, 4) is 0 Å². The molecule has 0 amide bonds. The zero-order valence-corrected chi connectivity index (χ0v) is 10.9. The van der Waals surface area contributed by atoms with Crippen LogP contribution in [-0.2, 0) is 17.1 Å². The van der Waals surface area contributed by atoms with Crippen LogP contribution in [0.5, 0.6) is 0 Å². The van der Waals surface area contributed by atoms with Gasteiger partial charge in [0.25, 0.3) is 10.0 Å². The Bertz CT molecular complexity index is 663. The topological polar surface area (TPSA) is 81.2 Å². The molecule has 0 atom stereocenters. The molecule has 0 aliphatic rings.